The minimum atomic E-state index is -1.06. The lowest BCUT2D eigenvalue weighted by Crippen LogP contribution is -2.41. The summed E-state index contributed by atoms with van der Waals surface area (Å²) in [5.41, 5.74) is 0. The van der Waals surface area contributed by atoms with E-state index in [0.717, 1.165) is 12.8 Å². The number of aliphatic carboxylic acids is 1. The second-order valence-electron chi connectivity index (χ2n) is 3.96. The molecule has 2 N–H and O–H groups in total. The Kier molecular flexibility index (Phi) is 6.34. The van der Waals surface area contributed by atoms with Gasteiger partial charge in [0.25, 0.3) is 0 Å². The van der Waals surface area contributed by atoms with Gasteiger partial charge in [-0.2, -0.15) is 4.98 Å². The molecule has 1 amide bonds. The maximum Gasteiger partial charge on any atom is 0.327 e. The van der Waals surface area contributed by atoms with Crippen molar-refractivity contribution in [3.8, 4) is 0 Å². The highest BCUT2D eigenvalue weighted by Crippen LogP contribution is 2.12. The summed E-state index contributed by atoms with van der Waals surface area (Å²) in [4.78, 5) is 25.9. The molecule has 0 fully saturated rings. The van der Waals surface area contributed by atoms with Gasteiger partial charge < -0.3 is 14.9 Å². The fraction of sp³-hybridized carbons (Fsp3) is 0.636. The van der Waals surface area contributed by atoms with Crippen molar-refractivity contribution in [2.24, 2.45) is 0 Å². The summed E-state index contributed by atoms with van der Waals surface area (Å²) in [7, 11) is 0. The van der Waals surface area contributed by atoms with E-state index in [1.807, 2.05) is 6.92 Å². The van der Waals surface area contributed by atoms with E-state index in [1.54, 1.807) is 0 Å². The number of carboxylic acid groups (broad SMARTS) is 1. The van der Waals surface area contributed by atoms with Crippen LogP contribution in [-0.4, -0.2) is 38.9 Å². The van der Waals surface area contributed by atoms with Gasteiger partial charge in [-0.1, -0.05) is 12.1 Å². The highest BCUT2D eigenvalue weighted by molar-refractivity contribution is 7.98. The number of carbonyl (C=O) groups excluding carboxylic acids is 1. The van der Waals surface area contributed by atoms with E-state index in [1.165, 1.54) is 18.7 Å². The van der Waals surface area contributed by atoms with Crippen molar-refractivity contribution in [2.75, 3.05) is 5.75 Å². The Balaban J connectivity index is 2.38. The molecule has 19 heavy (non-hydrogen) atoms. The molecule has 1 aromatic rings. The van der Waals surface area contributed by atoms with E-state index in [0.29, 0.717) is 17.5 Å². The van der Waals surface area contributed by atoms with E-state index in [4.69, 9.17) is 9.63 Å². The van der Waals surface area contributed by atoms with Crippen LogP contribution >= 0.6 is 11.8 Å². The molecular weight excluding hydrogens is 270 g/mol. The number of rotatable bonds is 8. The lowest BCUT2D eigenvalue weighted by molar-refractivity contribution is -0.140. The highest BCUT2D eigenvalue weighted by Gasteiger charge is 2.18. The molecule has 1 rings (SSSR count). The number of carboxylic acids is 1. The maximum absolute atomic E-state index is 10.9. The standard InChI is InChI=1S/C11H17N3O4S/c1-3-4-9-13-10(18-14-9)6-19-5-8(11(16)17)12-7(2)15/h8H,3-6H2,1-2H3,(H,12,15)(H,16,17)/t8-/m0/s1. The fourth-order valence-electron chi connectivity index (χ4n) is 1.36. The summed E-state index contributed by atoms with van der Waals surface area (Å²) in [6, 6.07) is -0.902. The molecule has 0 aliphatic carbocycles. The van der Waals surface area contributed by atoms with Gasteiger partial charge in [-0.3, -0.25) is 4.79 Å². The summed E-state index contributed by atoms with van der Waals surface area (Å²) >= 11 is 1.32. The summed E-state index contributed by atoms with van der Waals surface area (Å²) < 4.78 is 5.02. The fourth-order valence-corrected chi connectivity index (χ4v) is 2.23. The minimum Gasteiger partial charge on any atom is -0.480 e. The van der Waals surface area contributed by atoms with E-state index < -0.39 is 12.0 Å². The maximum atomic E-state index is 10.9. The van der Waals surface area contributed by atoms with Crippen LogP contribution in [0, 0.1) is 0 Å². The lowest BCUT2D eigenvalue weighted by atomic mass is 10.3. The van der Waals surface area contributed by atoms with Crippen molar-refractivity contribution in [1.29, 1.82) is 0 Å². The second-order valence-corrected chi connectivity index (χ2v) is 4.99. The molecule has 1 aromatic heterocycles. The van der Waals surface area contributed by atoms with E-state index in [9.17, 15) is 9.59 Å². The zero-order valence-corrected chi connectivity index (χ0v) is 11.7. The van der Waals surface area contributed by atoms with Gasteiger partial charge in [0.2, 0.25) is 11.8 Å². The first-order valence-corrected chi connectivity index (χ1v) is 7.07. The van der Waals surface area contributed by atoms with Crippen LogP contribution in [0.5, 0.6) is 0 Å². The van der Waals surface area contributed by atoms with E-state index in [2.05, 4.69) is 15.5 Å². The van der Waals surface area contributed by atoms with Gasteiger partial charge in [-0.25, -0.2) is 4.79 Å². The average molecular weight is 287 g/mol. The quantitative estimate of drug-likeness (QED) is 0.730. The van der Waals surface area contributed by atoms with Crippen LogP contribution in [0.25, 0.3) is 0 Å². The Morgan fingerprint density at radius 2 is 2.26 bits per heavy atom. The van der Waals surface area contributed by atoms with Crippen LogP contribution in [-0.2, 0) is 21.8 Å². The zero-order chi connectivity index (χ0) is 14.3. The summed E-state index contributed by atoms with van der Waals surface area (Å²) in [5, 5.41) is 15.1. The number of nitrogens with zero attached hydrogens (tertiary/aromatic N) is 2. The van der Waals surface area contributed by atoms with E-state index >= 15 is 0 Å². The number of carbonyl (C=O) groups is 2. The Bertz CT molecular complexity index is 435. The molecule has 1 atom stereocenters. The van der Waals surface area contributed by atoms with Gasteiger partial charge in [0.05, 0.1) is 5.75 Å². The van der Waals surface area contributed by atoms with Crippen LogP contribution in [0.4, 0.5) is 0 Å². The Morgan fingerprint density at radius 3 is 2.84 bits per heavy atom. The highest BCUT2D eigenvalue weighted by atomic mass is 32.2. The molecule has 0 saturated heterocycles. The predicted octanol–water partition coefficient (Wildman–Crippen LogP) is 0.845. The largest absolute Gasteiger partial charge is 0.480 e. The Labute approximate surface area is 115 Å². The molecule has 0 radical (unpaired) electrons. The molecule has 8 heteroatoms. The van der Waals surface area contributed by atoms with Crippen LogP contribution in [0.3, 0.4) is 0 Å². The SMILES string of the molecule is CCCc1noc(CSC[C@H](NC(C)=O)C(=O)O)n1. The van der Waals surface area contributed by atoms with Crippen molar-refractivity contribution in [3.63, 3.8) is 0 Å². The normalized spacial score (nSPS) is 12.1. The second kappa shape index (κ2) is 7.78. The van der Waals surface area contributed by atoms with Crippen molar-refractivity contribution in [2.45, 2.75) is 38.5 Å². The first-order chi connectivity index (χ1) is 9.02. The van der Waals surface area contributed by atoms with Crippen molar-refractivity contribution >= 4 is 23.6 Å². The van der Waals surface area contributed by atoms with Gasteiger partial charge >= 0.3 is 5.97 Å². The van der Waals surface area contributed by atoms with Crippen LogP contribution in [0.1, 0.15) is 32.0 Å². The molecule has 7 nitrogen and oxygen atoms in total. The molecule has 0 aliphatic rings. The number of nitrogens with one attached hydrogen (secondary N) is 1. The number of hydrogen-bond donors (Lipinski definition) is 2. The number of hydrogen-bond acceptors (Lipinski definition) is 6. The molecule has 0 unspecified atom stereocenters. The third kappa shape index (κ3) is 5.73. The Morgan fingerprint density at radius 1 is 1.53 bits per heavy atom. The Hall–Kier alpha value is -1.57. The van der Waals surface area contributed by atoms with Crippen molar-refractivity contribution in [3.05, 3.63) is 11.7 Å². The molecule has 0 aliphatic heterocycles. The van der Waals surface area contributed by atoms with Crippen molar-refractivity contribution < 1.29 is 19.2 Å². The van der Waals surface area contributed by atoms with Gasteiger partial charge in [0, 0.05) is 19.1 Å². The third-order valence-corrected chi connectivity index (χ3v) is 3.19. The van der Waals surface area contributed by atoms with Crippen LogP contribution in [0.2, 0.25) is 0 Å². The summed E-state index contributed by atoms with van der Waals surface area (Å²) in [5.74, 6) is 0.395. The van der Waals surface area contributed by atoms with E-state index in [-0.39, 0.29) is 11.7 Å². The van der Waals surface area contributed by atoms with Crippen molar-refractivity contribution in [1.82, 2.24) is 15.5 Å². The number of amides is 1. The molecule has 1 heterocycles. The lowest BCUT2D eigenvalue weighted by Gasteiger charge is -2.11. The molecule has 0 saturated carbocycles. The molecular formula is C11H17N3O4S. The topological polar surface area (TPSA) is 105 Å². The summed E-state index contributed by atoms with van der Waals surface area (Å²) in [6.07, 6.45) is 1.70. The zero-order valence-electron chi connectivity index (χ0n) is 10.9. The predicted molar refractivity (Wildman–Crippen MR) is 69.7 cm³/mol. The van der Waals surface area contributed by atoms with Gasteiger partial charge in [0.1, 0.15) is 6.04 Å². The minimum absolute atomic E-state index is 0.250. The first-order valence-electron chi connectivity index (χ1n) is 5.92. The smallest absolute Gasteiger partial charge is 0.327 e. The van der Waals surface area contributed by atoms with Gasteiger partial charge in [0.15, 0.2) is 5.82 Å². The number of aryl methyl sites for hydroxylation is 1. The number of aromatic nitrogens is 2. The van der Waals surface area contributed by atoms with Gasteiger partial charge in [-0.15, -0.1) is 11.8 Å². The third-order valence-electron chi connectivity index (χ3n) is 2.17. The van der Waals surface area contributed by atoms with Crippen LogP contribution < -0.4 is 5.32 Å². The average Bonchev–Trinajstić information content (AvgIpc) is 2.75. The first kappa shape index (κ1) is 15.5. The van der Waals surface area contributed by atoms with Crippen LogP contribution in [0.15, 0.2) is 4.52 Å². The van der Waals surface area contributed by atoms with Gasteiger partial charge in [-0.05, 0) is 6.42 Å². The molecule has 0 bridgehead atoms. The molecule has 106 valence electrons. The molecule has 0 spiro atoms. The monoisotopic (exact) mass is 287 g/mol. The summed E-state index contributed by atoms with van der Waals surface area (Å²) in [6.45, 7) is 3.31. The molecule has 0 aromatic carbocycles. The number of thioether (sulfide) groups is 1.